The minimum Gasteiger partial charge on any atom is -0.397 e. The summed E-state index contributed by atoms with van der Waals surface area (Å²) < 4.78 is 39.3. The fourth-order valence-electron chi connectivity index (χ4n) is 3.05. The third kappa shape index (κ3) is 3.80. The Hall–Kier alpha value is -3.36. The molecule has 0 saturated heterocycles. The Morgan fingerprint density at radius 1 is 1.24 bits per heavy atom. The molecule has 4 N–H and O–H groups in total. The van der Waals surface area contributed by atoms with Crippen LogP contribution in [0, 0.1) is 6.92 Å². The van der Waals surface area contributed by atoms with Crippen molar-refractivity contribution in [3.8, 4) is 11.3 Å². The first-order chi connectivity index (χ1) is 13.6. The van der Waals surface area contributed by atoms with Gasteiger partial charge in [-0.3, -0.25) is 9.59 Å². The van der Waals surface area contributed by atoms with E-state index in [9.17, 15) is 22.8 Å². The summed E-state index contributed by atoms with van der Waals surface area (Å²) in [4.78, 5) is 31.2. The maximum absolute atomic E-state index is 13.1. The van der Waals surface area contributed by atoms with E-state index in [2.05, 4.69) is 15.3 Å². The number of aryl methyl sites for hydroxylation is 1. The summed E-state index contributed by atoms with van der Waals surface area (Å²) >= 11 is 0. The van der Waals surface area contributed by atoms with Gasteiger partial charge in [-0.1, -0.05) is 31.2 Å². The minimum absolute atomic E-state index is 0.0381. The molecule has 0 atom stereocenters. The number of benzene rings is 1. The van der Waals surface area contributed by atoms with Gasteiger partial charge in [0.25, 0.3) is 11.5 Å². The molecular formula is C20H19F3N4O2. The summed E-state index contributed by atoms with van der Waals surface area (Å²) in [5, 5.41) is 2.95. The number of hydrogen-bond donors (Lipinski definition) is 3. The fourth-order valence-corrected chi connectivity index (χ4v) is 3.05. The molecule has 0 fully saturated rings. The molecule has 2 heterocycles. The molecule has 29 heavy (non-hydrogen) atoms. The van der Waals surface area contributed by atoms with Crippen molar-refractivity contribution in [1.29, 1.82) is 0 Å². The van der Waals surface area contributed by atoms with Gasteiger partial charge in [0.05, 0.1) is 16.9 Å². The number of carbonyl (C=O) groups is 1. The van der Waals surface area contributed by atoms with Crippen LogP contribution in [0.5, 0.6) is 0 Å². The standard InChI is InChI=1S/C20H19F3N4O2/c1-3-9-25-18(28)14-15(24)11-5-4-6-12(17(11)27-19(14)29)16-10(2)7-8-13(26-16)20(21,22)23/h4-8H,3,9H2,1-2H3,(H,25,28)(H3,24,27,29). The molecule has 0 unspecified atom stereocenters. The lowest BCUT2D eigenvalue weighted by molar-refractivity contribution is -0.141. The number of fused-ring (bicyclic) bond motifs is 1. The Labute approximate surface area is 164 Å². The van der Waals surface area contributed by atoms with E-state index < -0.39 is 23.3 Å². The van der Waals surface area contributed by atoms with E-state index in [1.165, 1.54) is 6.07 Å². The zero-order valence-electron chi connectivity index (χ0n) is 15.8. The number of aromatic nitrogens is 2. The van der Waals surface area contributed by atoms with Crippen molar-refractivity contribution in [3.05, 3.63) is 57.5 Å². The second-order valence-electron chi connectivity index (χ2n) is 6.59. The number of H-pyrrole nitrogens is 1. The van der Waals surface area contributed by atoms with Gasteiger partial charge in [-0.25, -0.2) is 4.98 Å². The smallest absolute Gasteiger partial charge is 0.397 e. The van der Waals surface area contributed by atoms with Crippen molar-refractivity contribution in [2.24, 2.45) is 0 Å². The highest BCUT2D eigenvalue weighted by atomic mass is 19.4. The maximum Gasteiger partial charge on any atom is 0.433 e. The molecule has 6 nitrogen and oxygen atoms in total. The SMILES string of the molecule is CCCNC(=O)c1c(N)c2cccc(-c3nc(C(F)(F)F)ccc3C)c2[nH]c1=O. The largest absolute Gasteiger partial charge is 0.433 e. The summed E-state index contributed by atoms with van der Waals surface area (Å²) in [5.74, 6) is -0.605. The molecule has 0 radical (unpaired) electrons. The number of nitrogens with zero attached hydrogens (tertiary/aromatic N) is 1. The average molecular weight is 404 g/mol. The number of nitrogens with two attached hydrogens (primary N) is 1. The molecule has 3 rings (SSSR count). The first kappa shape index (κ1) is 20.4. The van der Waals surface area contributed by atoms with E-state index in [0.717, 1.165) is 6.07 Å². The van der Waals surface area contributed by atoms with Gasteiger partial charge < -0.3 is 16.0 Å². The predicted molar refractivity (Wildman–Crippen MR) is 105 cm³/mol. The second kappa shape index (κ2) is 7.57. The highest BCUT2D eigenvalue weighted by Crippen LogP contribution is 2.34. The summed E-state index contributed by atoms with van der Waals surface area (Å²) in [7, 11) is 0. The van der Waals surface area contributed by atoms with Crippen LogP contribution in [0.2, 0.25) is 0 Å². The van der Waals surface area contributed by atoms with Gasteiger partial charge in [-0.2, -0.15) is 13.2 Å². The van der Waals surface area contributed by atoms with E-state index in [1.54, 1.807) is 25.1 Å². The van der Waals surface area contributed by atoms with Crippen molar-refractivity contribution < 1.29 is 18.0 Å². The maximum atomic E-state index is 13.1. The van der Waals surface area contributed by atoms with Crippen LogP contribution < -0.4 is 16.6 Å². The molecule has 0 aliphatic carbocycles. The van der Waals surface area contributed by atoms with Gasteiger partial charge in [0, 0.05) is 17.5 Å². The number of halogens is 3. The number of nitrogens with one attached hydrogen (secondary N) is 2. The van der Waals surface area contributed by atoms with Gasteiger partial charge in [-0.15, -0.1) is 0 Å². The number of aromatic amines is 1. The van der Waals surface area contributed by atoms with Crippen molar-refractivity contribution in [3.63, 3.8) is 0 Å². The molecule has 9 heteroatoms. The number of nitrogen functional groups attached to an aromatic ring is 1. The number of rotatable bonds is 4. The van der Waals surface area contributed by atoms with E-state index in [0.29, 0.717) is 23.9 Å². The number of para-hydroxylation sites is 1. The molecule has 0 spiro atoms. The van der Waals surface area contributed by atoms with E-state index in [-0.39, 0.29) is 28.0 Å². The summed E-state index contributed by atoms with van der Waals surface area (Å²) in [5.41, 5.74) is 5.14. The molecule has 0 aliphatic rings. The van der Waals surface area contributed by atoms with Gasteiger partial charge >= 0.3 is 6.18 Å². The Morgan fingerprint density at radius 3 is 2.62 bits per heavy atom. The highest BCUT2D eigenvalue weighted by molar-refractivity contribution is 6.08. The Bertz CT molecular complexity index is 1150. The van der Waals surface area contributed by atoms with Crippen molar-refractivity contribution in [2.75, 3.05) is 12.3 Å². The summed E-state index contributed by atoms with van der Waals surface area (Å²) in [6, 6.07) is 6.93. The van der Waals surface area contributed by atoms with Crippen LogP contribution in [0.15, 0.2) is 35.1 Å². The lowest BCUT2D eigenvalue weighted by Gasteiger charge is -2.14. The van der Waals surface area contributed by atoms with Crippen LogP contribution in [0.3, 0.4) is 0 Å². The minimum atomic E-state index is -4.61. The topological polar surface area (TPSA) is 101 Å². The van der Waals surface area contributed by atoms with Crippen LogP contribution in [0.25, 0.3) is 22.2 Å². The molecule has 1 aromatic carbocycles. The monoisotopic (exact) mass is 404 g/mol. The highest BCUT2D eigenvalue weighted by Gasteiger charge is 2.33. The van der Waals surface area contributed by atoms with Crippen LogP contribution in [0.1, 0.15) is 35.0 Å². The molecule has 2 aromatic heterocycles. The van der Waals surface area contributed by atoms with Gasteiger partial charge in [0.2, 0.25) is 0 Å². The Kier molecular flexibility index (Phi) is 5.32. The Balaban J connectivity index is 2.25. The molecule has 0 aliphatic heterocycles. The van der Waals surface area contributed by atoms with Crippen molar-refractivity contribution in [1.82, 2.24) is 15.3 Å². The first-order valence-electron chi connectivity index (χ1n) is 8.93. The third-order valence-corrected chi connectivity index (χ3v) is 4.49. The number of pyridine rings is 2. The lowest BCUT2D eigenvalue weighted by atomic mass is 10.00. The summed E-state index contributed by atoms with van der Waals surface area (Å²) in [6.45, 7) is 3.86. The van der Waals surface area contributed by atoms with Gasteiger partial charge in [-0.05, 0) is 25.0 Å². The fraction of sp³-hybridized carbons (Fsp3) is 0.250. The Morgan fingerprint density at radius 2 is 1.97 bits per heavy atom. The molecule has 0 bridgehead atoms. The number of amides is 1. The molecule has 1 amide bonds. The zero-order valence-corrected chi connectivity index (χ0v) is 15.8. The van der Waals surface area contributed by atoms with Crippen LogP contribution in [0.4, 0.5) is 18.9 Å². The first-order valence-corrected chi connectivity index (χ1v) is 8.93. The molecular weight excluding hydrogens is 385 g/mol. The number of anilines is 1. The van der Waals surface area contributed by atoms with Gasteiger partial charge in [0.1, 0.15) is 11.3 Å². The zero-order chi connectivity index (χ0) is 21.3. The number of carbonyl (C=O) groups excluding carboxylic acids is 1. The second-order valence-corrected chi connectivity index (χ2v) is 6.59. The number of hydrogen-bond acceptors (Lipinski definition) is 4. The lowest BCUT2D eigenvalue weighted by Crippen LogP contribution is -2.31. The summed E-state index contributed by atoms with van der Waals surface area (Å²) in [6.07, 6.45) is -3.92. The van der Waals surface area contributed by atoms with Crippen LogP contribution in [-0.4, -0.2) is 22.4 Å². The van der Waals surface area contributed by atoms with Crippen molar-refractivity contribution >= 4 is 22.5 Å². The van der Waals surface area contributed by atoms with Gasteiger partial charge in [0.15, 0.2) is 0 Å². The van der Waals surface area contributed by atoms with Crippen molar-refractivity contribution in [2.45, 2.75) is 26.4 Å². The number of alkyl halides is 3. The molecule has 0 saturated carbocycles. The molecule has 3 aromatic rings. The van der Waals surface area contributed by atoms with E-state index in [4.69, 9.17) is 5.73 Å². The normalized spacial score (nSPS) is 11.6. The predicted octanol–water partition coefficient (Wildman–Crippen LogP) is 3.64. The van der Waals surface area contributed by atoms with Crippen LogP contribution >= 0.6 is 0 Å². The van der Waals surface area contributed by atoms with E-state index >= 15 is 0 Å². The third-order valence-electron chi connectivity index (χ3n) is 4.49. The van der Waals surface area contributed by atoms with Crippen LogP contribution in [-0.2, 0) is 6.18 Å². The van der Waals surface area contributed by atoms with E-state index in [1.807, 2.05) is 6.92 Å². The molecule has 152 valence electrons. The average Bonchev–Trinajstić information content (AvgIpc) is 2.65. The quantitative estimate of drug-likeness (QED) is 0.618.